The molecule has 0 heterocycles. The molecule has 0 saturated carbocycles. The van der Waals surface area contributed by atoms with Crippen LogP contribution in [0.15, 0.2) is 0 Å². The Bertz CT molecular complexity index is 429. The van der Waals surface area contributed by atoms with Crippen LogP contribution in [0.25, 0.3) is 0 Å². The van der Waals surface area contributed by atoms with Crippen LogP contribution in [-0.2, 0) is 24.1 Å². The van der Waals surface area contributed by atoms with Gasteiger partial charge in [-0.1, -0.05) is 13.3 Å². The van der Waals surface area contributed by atoms with Crippen molar-refractivity contribution in [2.24, 2.45) is 0 Å². The van der Waals surface area contributed by atoms with Crippen LogP contribution in [0.2, 0.25) is 19.1 Å². The molecule has 0 aromatic rings. The molecule has 0 radical (unpaired) electrons. The Morgan fingerprint density at radius 2 is 1.65 bits per heavy atom. The summed E-state index contributed by atoms with van der Waals surface area (Å²) in [6, 6.07) is 0.581. The molecule has 0 rings (SSSR count). The number of hydrogen-bond acceptors (Lipinski definition) is 6. The van der Waals surface area contributed by atoms with Gasteiger partial charge >= 0.3 is 18.9 Å². The third-order valence-electron chi connectivity index (χ3n) is 2.01. The van der Waals surface area contributed by atoms with E-state index in [0.717, 1.165) is 13.3 Å². The standard InChI is InChI=1S/C7H18O6S2Si.Li/c1-5-6-16(3,4)13-15(11,12)7(2)14(8,9)10;/h7H,5-6H2,1-4H3,(H,8,9,10);/q;+1/p-1. The minimum atomic E-state index is -4.89. The van der Waals surface area contributed by atoms with E-state index in [0.29, 0.717) is 6.04 Å². The van der Waals surface area contributed by atoms with Crippen LogP contribution in [0.5, 0.6) is 0 Å². The van der Waals surface area contributed by atoms with Crippen molar-refractivity contribution in [2.75, 3.05) is 0 Å². The maximum Gasteiger partial charge on any atom is 1.00 e. The zero-order valence-corrected chi connectivity index (χ0v) is 13.4. The molecule has 1 atom stereocenters. The Balaban J connectivity index is 0. The second-order valence-corrected chi connectivity index (χ2v) is 12.5. The summed E-state index contributed by atoms with van der Waals surface area (Å²) in [5.74, 6) is 0. The zero-order valence-electron chi connectivity index (χ0n) is 10.8. The number of rotatable bonds is 6. The molecule has 0 N–H and O–H groups in total. The fourth-order valence-corrected chi connectivity index (χ4v) is 7.27. The van der Waals surface area contributed by atoms with Gasteiger partial charge in [-0.05, 0) is 26.1 Å². The van der Waals surface area contributed by atoms with Gasteiger partial charge in [0, 0.05) is 0 Å². The van der Waals surface area contributed by atoms with Crippen LogP contribution in [-0.4, -0.2) is 34.3 Å². The molecule has 0 saturated heterocycles. The Morgan fingerprint density at radius 1 is 1.24 bits per heavy atom. The van der Waals surface area contributed by atoms with Crippen LogP contribution >= 0.6 is 0 Å². The van der Waals surface area contributed by atoms with Crippen molar-refractivity contribution < 1.29 is 44.1 Å². The summed E-state index contributed by atoms with van der Waals surface area (Å²) in [6.07, 6.45) is 0.743. The van der Waals surface area contributed by atoms with Crippen molar-refractivity contribution in [3.05, 3.63) is 0 Å². The van der Waals surface area contributed by atoms with E-state index in [1.807, 2.05) is 6.92 Å². The van der Waals surface area contributed by atoms with E-state index in [1.165, 1.54) is 0 Å². The first kappa shape index (κ1) is 20.0. The van der Waals surface area contributed by atoms with Crippen LogP contribution in [0.4, 0.5) is 0 Å². The summed E-state index contributed by atoms with van der Waals surface area (Å²) in [4.78, 5) is 0. The molecule has 6 nitrogen and oxygen atoms in total. The molecule has 10 heteroatoms. The summed E-state index contributed by atoms with van der Waals surface area (Å²) in [6.45, 7) is 6.03. The van der Waals surface area contributed by atoms with Gasteiger partial charge in [0.15, 0.2) is 4.58 Å². The van der Waals surface area contributed by atoms with Gasteiger partial charge in [-0.15, -0.1) is 0 Å². The summed E-state index contributed by atoms with van der Waals surface area (Å²) < 4.78 is 57.7. The van der Waals surface area contributed by atoms with E-state index in [4.69, 9.17) is 3.87 Å². The molecule has 0 bridgehead atoms. The smallest absolute Gasteiger partial charge is 0.747 e. The second kappa shape index (κ2) is 6.70. The van der Waals surface area contributed by atoms with Crippen LogP contribution in [0.3, 0.4) is 0 Å². The fraction of sp³-hybridized carbons (Fsp3) is 1.00. The third kappa shape index (κ3) is 6.95. The van der Waals surface area contributed by atoms with E-state index < -0.39 is 33.1 Å². The van der Waals surface area contributed by atoms with Crippen molar-refractivity contribution in [3.63, 3.8) is 0 Å². The summed E-state index contributed by atoms with van der Waals surface area (Å²) in [5, 5.41) is 0. The van der Waals surface area contributed by atoms with Gasteiger partial charge < -0.3 is 8.42 Å². The fourth-order valence-electron chi connectivity index (χ4n) is 1.17. The maximum atomic E-state index is 11.5. The Morgan fingerprint density at radius 3 is 1.94 bits per heavy atom. The van der Waals surface area contributed by atoms with E-state index >= 15 is 0 Å². The largest absolute Gasteiger partial charge is 1.00 e. The topological polar surface area (TPSA) is 101 Å². The first-order chi connectivity index (χ1) is 6.92. The van der Waals surface area contributed by atoms with Crippen molar-refractivity contribution in [2.45, 2.75) is 44.0 Å². The quantitative estimate of drug-likeness (QED) is 0.409. The predicted molar refractivity (Wildman–Crippen MR) is 61.7 cm³/mol. The molecular weight excluding hydrogens is 279 g/mol. The molecule has 0 aliphatic rings. The monoisotopic (exact) mass is 296 g/mol. The average Bonchev–Trinajstić information content (AvgIpc) is 1.98. The van der Waals surface area contributed by atoms with E-state index in [2.05, 4.69) is 0 Å². The molecule has 0 aliphatic heterocycles. The molecule has 0 aromatic heterocycles. The summed E-state index contributed by atoms with van der Waals surface area (Å²) in [5.41, 5.74) is 0. The van der Waals surface area contributed by atoms with Crippen molar-refractivity contribution in [1.29, 1.82) is 0 Å². The second-order valence-electron chi connectivity index (χ2n) is 4.15. The van der Waals surface area contributed by atoms with Gasteiger partial charge in [-0.2, -0.15) is 8.42 Å². The molecule has 17 heavy (non-hydrogen) atoms. The normalized spacial score (nSPS) is 15.1. The molecule has 0 amide bonds. The average molecular weight is 296 g/mol. The van der Waals surface area contributed by atoms with Crippen LogP contribution in [0, 0.1) is 0 Å². The van der Waals surface area contributed by atoms with Gasteiger partial charge in [-0.3, -0.25) is 0 Å². The van der Waals surface area contributed by atoms with Crippen LogP contribution < -0.4 is 18.9 Å². The maximum absolute atomic E-state index is 11.5. The van der Waals surface area contributed by atoms with Gasteiger partial charge in [0.05, 0.1) is 0 Å². The Kier molecular flexibility index (Phi) is 7.87. The zero-order chi connectivity index (χ0) is 13.2. The molecule has 0 spiro atoms. The van der Waals surface area contributed by atoms with E-state index in [1.54, 1.807) is 13.1 Å². The molecule has 0 fully saturated rings. The first-order valence-corrected chi connectivity index (χ1v) is 10.9. The summed E-state index contributed by atoms with van der Waals surface area (Å²) >= 11 is 0. The van der Waals surface area contributed by atoms with Gasteiger partial charge in [0.1, 0.15) is 10.1 Å². The van der Waals surface area contributed by atoms with Gasteiger partial charge in [0.25, 0.3) is 10.1 Å². The molecule has 0 aromatic carbocycles. The molecule has 98 valence electrons. The Hall–Kier alpha value is 0.634. The van der Waals surface area contributed by atoms with Gasteiger partial charge in [0.2, 0.25) is 8.32 Å². The minimum absolute atomic E-state index is 0. The predicted octanol–water partition coefficient (Wildman–Crippen LogP) is -2.16. The molecule has 0 aliphatic carbocycles. The first-order valence-electron chi connectivity index (χ1n) is 4.81. The Labute approximate surface area is 116 Å². The molecule has 1 unspecified atom stereocenters. The summed E-state index contributed by atoms with van der Waals surface area (Å²) in [7, 11) is -11.7. The van der Waals surface area contributed by atoms with E-state index in [-0.39, 0.29) is 18.9 Å². The van der Waals surface area contributed by atoms with Crippen molar-refractivity contribution in [3.8, 4) is 0 Å². The van der Waals surface area contributed by atoms with Gasteiger partial charge in [-0.25, -0.2) is 8.42 Å². The van der Waals surface area contributed by atoms with Crippen molar-refractivity contribution >= 4 is 28.6 Å². The van der Waals surface area contributed by atoms with E-state index in [9.17, 15) is 21.4 Å². The van der Waals surface area contributed by atoms with Crippen molar-refractivity contribution in [1.82, 2.24) is 0 Å². The van der Waals surface area contributed by atoms with Crippen LogP contribution in [0.1, 0.15) is 20.3 Å². The third-order valence-corrected chi connectivity index (χ3v) is 9.49. The SMILES string of the molecule is CCC[Si](C)(C)OS(=O)(=O)C(C)S(=O)(=O)[O-].[Li+]. The number of hydrogen-bond donors (Lipinski definition) is 0. The molecular formula is C7H17LiO6S2Si. The minimum Gasteiger partial charge on any atom is -0.747 e.